The van der Waals surface area contributed by atoms with Gasteiger partial charge in [-0.2, -0.15) is 0 Å². The summed E-state index contributed by atoms with van der Waals surface area (Å²) in [6.07, 6.45) is 12.4. The van der Waals surface area contributed by atoms with Crippen LogP contribution in [0.15, 0.2) is 35.2 Å². The van der Waals surface area contributed by atoms with E-state index in [1.165, 1.54) is 30.2 Å². The smallest absolute Gasteiger partial charge is 0.331 e. The molecule has 144 valence electrons. The number of hydrogen-bond donors (Lipinski definition) is 1. The number of carbonyl (C=O) groups is 2. The zero-order valence-electron chi connectivity index (χ0n) is 15.8. The Kier molecular flexibility index (Phi) is 5.31. The van der Waals surface area contributed by atoms with Gasteiger partial charge < -0.3 is 10.1 Å². The minimum atomic E-state index is -0.482. The van der Waals surface area contributed by atoms with Crippen LogP contribution in [-0.4, -0.2) is 30.3 Å². The van der Waals surface area contributed by atoms with Gasteiger partial charge in [0.05, 0.1) is 0 Å². The van der Waals surface area contributed by atoms with Crippen LogP contribution >= 0.6 is 11.8 Å². The molecule has 5 rings (SSSR count). The van der Waals surface area contributed by atoms with Gasteiger partial charge >= 0.3 is 5.97 Å². The van der Waals surface area contributed by atoms with Crippen LogP contribution in [0.3, 0.4) is 0 Å². The van der Waals surface area contributed by atoms with Gasteiger partial charge in [0.1, 0.15) is 0 Å². The van der Waals surface area contributed by atoms with Gasteiger partial charge in [-0.05, 0) is 86.3 Å². The summed E-state index contributed by atoms with van der Waals surface area (Å²) in [4.78, 5) is 25.5. The van der Waals surface area contributed by atoms with Crippen LogP contribution in [0.2, 0.25) is 0 Å². The number of benzene rings is 1. The molecule has 4 aliphatic carbocycles. The van der Waals surface area contributed by atoms with Crippen LogP contribution in [-0.2, 0) is 14.3 Å². The van der Waals surface area contributed by atoms with Crippen molar-refractivity contribution in [1.29, 1.82) is 0 Å². The molecule has 4 fully saturated rings. The van der Waals surface area contributed by atoms with Gasteiger partial charge in [-0.3, -0.25) is 4.79 Å². The second kappa shape index (κ2) is 7.70. The van der Waals surface area contributed by atoms with Crippen LogP contribution in [0.5, 0.6) is 0 Å². The first kappa shape index (κ1) is 18.6. The highest BCUT2D eigenvalue weighted by molar-refractivity contribution is 7.98. The van der Waals surface area contributed by atoms with E-state index in [2.05, 4.69) is 5.32 Å². The summed E-state index contributed by atoms with van der Waals surface area (Å²) in [6, 6.07) is 7.92. The Balaban J connectivity index is 1.25. The lowest BCUT2D eigenvalue weighted by Crippen LogP contribution is -2.60. The number of hydrogen-bond acceptors (Lipinski definition) is 4. The maximum absolute atomic E-state index is 12.4. The molecule has 0 atom stereocenters. The van der Waals surface area contributed by atoms with Gasteiger partial charge in [0.15, 0.2) is 6.61 Å². The molecule has 0 aromatic heterocycles. The molecule has 4 saturated carbocycles. The largest absolute Gasteiger partial charge is 0.452 e. The number of amides is 1. The van der Waals surface area contributed by atoms with E-state index in [4.69, 9.17) is 4.74 Å². The van der Waals surface area contributed by atoms with Gasteiger partial charge in [-0.25, -0.2) is 4.79 Å². The monoisotopic (exact) mass is 385 g/mol. The Labute approximate surface area is 165 Å². The maximum Gasteiger partial charge on any atom is 0.331 e. The Hall–Kier alpha value is -1.75. The van der Waals surface area contributed by atoms with E-state index in [9.17, 15) is 9.59 Å². The first-order valence-electron chi connectivity index (χ1n) is 9.83. The molecule has 1 N–H and O–H groups in total. The second-order valence-corrected chi connectivity index (χ2v) is 9.34. The molecule has 5 heteroatoms. The third-order valence-corrected chi connectivity index (χ3v) is 7.06. The van der Waals surface area contributed by atoms with E-state index < -0.39 is 5.97 Å². The summed E-state index contributed by atoms with van der Waals surface area (Å²) in [7, 11) is 0. The topological polar surface area (TPSA) is 55.4 Å². The number of rotatable bonds is 6. The van der Waals surface area contributed by atoms with Crippen molar-refractivity contribution in [2.45, 2.75) is 49.0 Å². The standard InChI is InChI=1S/C22H27NO3S/c1-27-19-5-2-15(3-6-19)4-7-21(25)26-14-20(24)23-22-11-16-8-17(12-22)10-18(9-16)13-22/h2-7,16-18H,8-14H2,1H3,(H,23,24)/b7-4+. The van der Waals surface area contributed by atoms with Crippen LogP contribution in [0.25, 0.3) is 6.08 Å². The van der Waals surface area contributed by atoms with E-state index in [1.54, 1.807) is 17.8 Å². The summed E-state index contributed by atoms with van der Waals surface area (Å²) >= 11 is 1.68. The first-order chi connectivity index (χ1) is 13.0. The third kappa shape index (κ3) is 4.40. The zero-order valence-corrected chi connectivity index (χ0v) is 16.6. The number of carbonyl (C=O) groups excluding carboxylic acids is 2. The molecule has 0 aliphatic heterocycles. The number of ether oxygens (including phenoxy) is 1. The summed E-state index contributed by atoms with van der Waals surface area (Å²) < 4.78 is 5.14. The summed E-state index contributed by atoms with van der Waals surface area (Å²) in [5.41, 5.74) is 0.899. The normalized spacial score (nSPS) is 31.2. The molecule has 4 nitrogen and oxygen atoms in total. The van der Waals surface area contributed by atoms with Crippen LogP contribution in [0.4, 0.5) is 0 Å². The van der Waals surface area contributed by atoms with Crippen molar-refractivity contribution >= 4 is 29.7 Å². The molecular formula is C22H27NO3S. The highest BCUT2D eigenvalue weighted by Crippen LogP contribution is 2.55. The van der Waals surface area contributed by atoms with E-state index >= 15 is 0 Å². The van der Waals surface area contributed by atoms with Crippen LogP contribution in [0, 0.1) is 17.8 Å². The van der Waals surface area contributed by atoms with Crippen LogP contribution in [0.1, 0.15) is 44.1 Å². The zero-order chi connectivity index (χ0) is 18.9. The average molecular weight is 386 g/mol. The Morgan fingerprint density at radius 2 is 1.70 bits per heavy atom. The average Bonchev–Trinajstić information content (AvgIpc) is 2.63. The van der Waals surface area contributed by atoms with Crippen LogP contribution < -0.4 is 5.32 Å². The first-order valence-corrected chi connectivity index (χ1v) is 11.1. The van der Waals surface area contributed by atoms with E-state index in [0.29, 0.717) is 0 Å². The van der Waals surface area contributed by atoms with E-state index in [-0.39, 0.29) is 18.1 Å². The quantitative estimate of drug-likeness (QED) is 0.456. The molecule has 0 heterocycles. The maximum atomic E-state index is 12.4. The fourth-order valence-corrected chi connectivity index (χ4v) is 6.07. The molecule has 27 heavy (non-hydrogen) atoms. The van der Waals surface area contributed by atoms with Crippen molar-refractivity contribution in [1.82, 2.24) is 5.32 Å². The summed E-state index contributed by atoms with van der Waals surface area (Å²) in [5.74, 6) is 1.69. The minimum Gasteiger partial charge on any atom is -0.452 e. The molecule has 1 aromatic rings. The Morgan fingerprint density at radius 1 is 1.11 bits per heavy atom. The lowest BCUT2D eigenvalue weighted by molar-refractivity contribution is -0.145. The predicted octanol–water partition coefficient (Wildman–Crippen LogP) is 4.05. The lowest BCUT2D eigenvalue weighted by atomic mass is 9.53. The molecule has 4 aliphatic rings. The highest BCUT2D eigenvalue weighted by Gasteiger charge is 2.51. The van der Waals surface area contributed by atoms with Gasteiger partial charge in [-0.15, -0.1) is 11.8 Å². The SMILES string of the molecule is CSc1ccc(/C=C/C(=O)OCC(=O)NC23CC4CC(CC(C4)C2)C3)cc1. The van der Waals surface area contributed by atoms with Crippen molar-refractivity contribution < 1.29 is 14.3 Å². The van der Waals surface area contributed by atoms with E-state index in [1.807, 2.05) is 30.5 Å². The van der Waals surface area contributed by atoms with Gasteiger partial charge in [0, 0.05) is 16.5 Å². The van der Waals surface area contributed by atoms with Crippen molar-refractivity contribution in [2.24, 2.45) is 17.8 Å². The molecule has 1 aromatic carbocycles. The van der Waals surface area contributed by atoms with Gasteiger partial charge in [-0.1, -0.05) is 12.1 Å². The fraction of sp³-hybridized carbons (Fsp3) is 0.545. The summed E-state index contributed by atoms with van der Waals surface area (Å²) in [5, 5.41) is 3.22. The number of esters is 1. The summed E-state index contributed by atoms with van der Waals surface area (Å²) in [6.45, 7) is -0.198. The molecule has 0 unspecified atom stereocenters. The Bertz CT molecular complexity index is 705. The van der Waals surface area contributed by atoms with Crippen molar-refractivity contribution in [2.75, 3.05) is 12.9 Å². The molecule has 0 saturated heterocycles. The van der Waals surface area contributed by atoms with E-state index in [0.717, 1.165) is 42.6 Å². The van der Waals surface area contributed by atoms with Crippen molar-refractivity contribution in [3.05, 3.63) is 35.9 Å². The highest BCUT2D eigenvalue weighted by atomic mass is 32.2. The number of nitrogens with one attached hydrogen (secondary N) is 1. The lowest BCUT2D eigenvalue weighted by Gasteiger charge is -2.56. The molecule has 0 spiro atoms. The second-order valence-electron chi connectivity index (χ2n) is 8.46. The van der Waals surface area contributed by atoms with Gasteiger partial charge in [0.2, 0.25) is 0 Å². The minimum absolute atomic E-state index is 0.0346. The molecule has 1 amide bonds. The fourth-order valence-electron chi connectivity index (χ4n) is 5.66. The molecular weight excluding hydrogens is 358 g/mol. The number of thioether (sulfide) groups is 1. The Morgan fingerprint density at radius 3 is 2.26 bits per heavy atom. The van der Waals surface area contributed by atoms with Gasteiger partial charge in [0.25, 0.3) is 5.91 Å². The predicted molar refractivity (Wildman–Crippen MR) is 107 cm³/mol. The van der Waals surface area contributed by atoms with Crippen molar-refractivity contribution in [3.8, 4) is 0 Å². The third-order valence-electron chi connectivity index (χ3n) is 6.32. The van der Waals surface area contributed by atoms with Crippen molar-refractivity contribution in [3.63, 3.8) is 0 Å². The molecule has 4 bridgehead atoms. The molecule has 0 radical (unpaired) electrons.